The zero-order chi connectivity index (χ0) is 25.4. The van der Waals surface area contributed by atoms with Gasteiger partial charge in [-0.15, -0.1) is 0 Å². The number of amides is 1. The van der Waals surface area contributed by atoms with E-state index in [1.165, 1.54) is 12.1 Å². The average Bonchev–Trinajstić information content (AvgIpc) is 3.42. The molecule has 184 valence electrons. The Morgan fingerprint density at radius 2 is 1.75 bits per heavy atom. The predicted molar refractivity (Wildman–Crippen MR) is 136 cm³/mol. The quantitative estimate of drug-likeness (QED) is 0.377. The van der Waals surface area contributed by atoms with Crippen LogP contribution >= 0.6 is 11.6 Å². The van der Waals surface area contributed by atoms with Crippen molar-refractivity contribution >= 4 is 27.5 Å². The number of carbonyl (C=O) groups excluding carboxylic acids is 1. The summed E-state index contributed by atoms with van der Waals surface area (Å²) in [5.74, 6) is 0.545. The molecule has 1 aromatic heterocycles. The van der Waals surface area contributed by atoms with Crippen molar-refractivity contribution in [3.63, 3.8) is 0 Å². The van der Waals surface area contributed by atoms with Crippen molar-refractivity contribution in [2.24, 2.45) is 5.14 Å². The summed E-state index contributed by atoms with van der Waals surface area (Å²) in [4.78, 5) is 15.4. The van der Waals surface area contributed by atoms with Crippen LogP contribution in [0.15, 0.2) is 77.7 Å². The fourth-order valence-electron chi connectivity index (χ4n) is 4.51. The Hall–Kier alpha value is -3.66. The third kappa shape index (κ3) is 4.37. The van der Waals surface area contributed by atoms with Gasteiger partial charge in [-0.25, -0.2) is 13.6 Å². The maximum absolute atomic E-state index is 13.5. The fourth-order valence-corrected chi connectivity index (χ4v) is 5.27. The molecule has 2 heterocycles. The van der Waals surface area contributed by atoms with Crippen molar-refractivity contribution in [1.29, 1.82) is 0 Å². The van der Waals surface area contributed by atoms with Crippen molar-refractivity contribution in [2.45, 2.75) is 17.4 Å². The summed E-state index contributed by atoms with van der Waals surface area (Å²) in [6.07, 6.45) is 0.507. The van der Waals surface area contributed by atoms with Crippen LogP contribution in [0.1, 0.15) is 33.2 Å². The number of nitrogens with two attached hydrogens (primary N) is 1. The highest BCUT2D eigenvalue weighted by Gasteiger charge is 2.42. The molecular weight excluding hydrogens is 500 g/mol. The van der Waals surface area contributed by atoms with Crippen LogP contribution < -0.4 is 9.88 Å². The molecule has 8 nitrogen and oxygen atoms in total. The second-order valence-corrected chi connectivity index (χ2v) is 10.4. The lowest BCUT2D eigenvalue weighted by Gasteiger charge is -2.27. The predicted octanol–water partition coefficient (Wildman–Crippen LogP) is 4.17. The van der Waals surface area contributed by atoms with E-state index in [0.29, 0.717) is 29.4 Å². The number of primary sulfonamides is 1. The molecule has 0 spiro atoms. The number of aromatic nitrogens is 2. The molecule has 0 aliphatic carbocycles. The number of sulfonamides is 1. The van der Waals surface area contributed by atoms with Gasteiger partial charge in [0.1, 0.15) is 11.4 Å². The molecule has 1 amide bonds. The molecular formula is C26H23ClN4O4S. The SMILES string of the molecule is COc1ccc(-c2n[nH]c3c2C(c2ccccc2Cl)N(CCc2ccc(S(N)(=O)=O)cc2)C3=O)cc1. The number of carbonyl (C=O) groups is 1. The molecule has 3 N–H and O–H groups in total. The van der Waals surface area contributed by atoms with Crippen LogP contribution in [0.4, 0.5) is 0 Å². The minimum atomic E-state index is -3.77. The molecule has 0 radical (unpaired) electrons. The lowest BCUT2D eigenvalue weighted by atomic mass is 9.96. The van der Waals surface area contributed by atoms with Crippen molar-refractivity contribution in [3.8, 4) is 17.0 Å². The molecule has 10 heteroatoms. The molecule has 0 bridgehead atoms. The number of H-pyrrole nitrogens is 1. The largest absolute Gasteiger partial charge is 0.497 e. The standard InChI is InChI=1S/C26H23ClN4O4S/c1-35-18-10-8-17(9-11-18)23-22-24(30-29-23)26(32)31(25(22)20-4-2-3-5-21(20)27)15-14-16-6-12-19(13-7-16)36(28,33)34/h2-13,25H,14-15H2,1H3,(H,29,30)(H2,28,33,34). The Labute approximate surface area is 213 Å². The van der Waals surface area contributed by atoms with Gasteiger partial charge in [-0.1, -0.05) is 41.9 Å². The van der Waals surface area contributed by atoms with Gasteiger partial charge in [-0.2, -0.15) is 5.10 Å². The van der Waals surface area contributed by atoms with Gasteiger partial charge >= 0.3 is 0 Å². The maximum atomic E-state index is 13.5. The minimum Gasteiger partial charge on any atom is -0.497 e. The Morgan fingerprint density at radius 3 is 2.39 bits per heavy atom. The molecule has 4 aromatic rings. The molecule has 0 saturated carbocycles. The van der Waals surface area contributed by atoms with Gasteiger partial charge in [-0.05, 0) is 60.0 Å². The van der Waals surface area contributed by atoms with Crippen LogP contribution in [0.25, 0.3) is 11.3 Å². The van der Waals surface area contributed by atoms with Crippen molar-refractivity contribution in [1.82, 2.24) is 15.1 Å². The molecule has 0 saturated heterocycles. The van der Waals surface area contributed by atoms with E-state index in [9.17, 15) is 13.2 Å². The van der Waals surface area contributed by atoms with Crippen molar-refractivity contribution < 1.29 is 17.9 Å². The first-order valence-corrected chi connectivity index (χ1v) is 13.1. The zero-order valence-corrected chi connectivity index (χ0v) is 20.9. The van der Waals surface area contributed by atoms with Gasteiger partial charge in [0.05, 0.1) is 23.7 Å². The monoisotopic (exact) mass is 522 g/mol. The summed E-state index contributed by atoms with van der Waals surface area (Å²) in [5, 5.41) is 13.2. The molecule has 1 atom stereocenters. The van der Waals surface area contributed by atoms with E-state index in [1.807, 2.05) is 42.5 Å². The van der Waals surface area contributed by atoms with E-state index in [0.717, 1.165) is 28.0 Å². The van der Waals surface area contributed by atoms with Gasteiger partial charge in [-0.3, -0.25) is 9.89 Å². The molecule has 1 aliphatic rings. The van der Waals surface area contributed by atoms with Gasteiger partial charge in [0.2, 0.25) is 10.0 Å². The van der Waals surface area contributed by atoms with E-state index >= 15 is 0 Å². The summed E-state index contributed by atoms with van der Waals surface area (Å²) >= 11 is 6.61. The van der Waals surface area contributed by atoms with Gasteiger partial charge in [0.25, 0.3) is 5.91 Å². The van der Waals surface area contributed by atoms with Crippen LogP contribution in [-0.2, 0) is 16.4 Å². The lowest BCUT2D eigenvalue weighted by Crippen LogP contribution is -2.31. The van der Waals surface area contributed by atoms with E-state index in [1.54, 1.807) is 30.2 Å². The summed E-state index contributed by atoms with van der Waals surface area (Å²) in [6, 6.07) is 20.8. The van der Waals surface area contributed by atoms with E-state index < -0.39 is 16.1 Å². The summed E-state index contributed by atoms with van der Waals surface area (Å²) in [5.41, 5.74) is 4.38. The number of benzene rings is 3. The Morgan fingerprint density at radius 1 is 1.06 bits per heavy atom. The molecule has 36 heavy (non-hydrogen) atoms. The number of nitrogens with one attached hydrogen (secondary N) is 1. The first-order valence-electron chi connectivity index (χ1n) is 11.2. The van der Waals surface area contributed by atoms with Crippen LogP contribution in [0.5, 0.6) is 5.75 Å². The Kier molecular flexibility index (Phi) is 6.29. The first-order chi connectivity index (χ1) is 17.3. The number of hydrogen-bond donors (Lipinski definition) is 2. The number of nitrogens with zero attached hydrogens (tertiary/aromatic N) is 2. The summed E-state index contributed by atoms with van der Waals surface area (Å²) < 4.78 is 28.4. The number of hydrogen-bond acceptors (Lipinski definition) is 5. The summed E-state index contributed by atoms with van der Waals surface area (Å²) in [7, 11) is -2.17. The smallest absolute Gasteiger partial charge is 0.273 e. The van der Waals surface area contributed by atoms with Crippen molar-refractivity contribution in [3.05, 3.63) is 100 Å². The van der Waals surface area contributed by atoms with E-state index in [2.05, 4.69) is 10.2 Å². The van der Waals surface area contributed by atoms with Crippen LogP contribution in [-0.4, -0.2) is 43.1 Å². The molecule has 5 rings (SSSR count). The van der Waals surface area contributed by atoms with Crippen LogP contribution in [0, 0.1) is 0 Å². The van der Waals surface area contributed by atoms with Crippen LogP contribution in [0.2, 0.25) is 5.02 Å². The Bertz CT molecular complexity index is 1530. The normalized spacial score (nSPS) is 15.2. The third-order valence-electron chi connectivity index (χ3n) is 6.32. The number of rotatable bonds is 7. The Balaban J connectivity index is 1.52. The lowest BCUT2D eigenvalue weighted by molar-refractivity contribution is 0.0746. The second kappa shape index (κ2) is 9.42. The van der Waals surface area contributed by atoms with Gasteiger partial charge in [0.15, 0.2) is 0 Å². The fraction of sp³-hybridized carbons (Fsp3) is 0.154. The van der Waals surface area contributed by atoms with Crippen LogP contribution in [0.3, 0.4) is 0 Å². The minimum absolute atomic E-state index is 0.0441. The highest BCUT2D eigenvalue weighted by molar-refractivity contribution is 7.89. The summed E-state index contributed by atoms with van der Waals surface area (Å²) in [6.45, 7) is 0.383. The number of halogens is 1. The first kappa shape index (κ1) is 24.1. The number of ether oxygens (including phenoxy) is 1. The third-order valence-corrected chi connectivity index (χ3v) is 7.59. The average molecular weight is 523 g/mol. The molecule has 0 fully saturated rings. The van der Waals surface area contributed by atoms with Gasteiger partial charge in [0, 0.05) is 22.7 Å². The van der Waals surface area contributed by atoms with Gasteiger partial charge < -0.3 is 9.64 Å². The number of aromatic amines is 1. The zero-order valence-electron chi connectivity index (χ0n) is 19.3. The highest BCUT2D eigenvalue weighted by atomic mass is 35.5. The molecule has 3 aromatic carbocycles. The topological polar surface area (TPSA) is 118 Å². The highest BCUT2D eigenvalue weighted by Crippen LogP contribution is 2.44. The maximum Gasteiger partial charge on any atom is 0.273 e. The number of fused-ring (bicyclic) bond motifs is 1. The molecule has 1 aliphatic heterocycles. The van der Waals surface area contributed by atoms with Crippen molar-refractivity contribution in [2.75, 3.05) is 13.7 Å². The second-order valence-electron chi connectivity index (χ2n) is 8.45. The van der Waals surface area contributed by atoms with E-state index in [-0.39, 0.29) is 10.8 Å². The van der Waals surface area contributed by atoms with E-state index in [4.69, 9.17) is 21.5 Å². The number of methoxy groups -OCH3 is 1. The molecule has 1 unspecified atom stereocenters.